The van der Waals surface area contributed by atoms with Gasteiger partial charge >= 0.3 is 4.88 Å². The molecular formula is C9H11BrO2. The molecule has 0 atom stereocenters. The van der Waals surface area contributed by atoms with Gasteiger partial charge in [0.15, 0.2) is 0 Å². The van der Waals surface area contributed by atoms with E-state index in [2.05, 4.69) is 28.1 Å². The minimum atomic E-state index is -0.404. The molecule has 12 heavy (non-hydrogen) atoms. The lowest BCUT2D eigenvalue weighted by atomic mass is 10.1. The quantitative estimate of drug-likeness (QED) is 0.509. The van der Waals surface area contributed by atoms with E-state index >= 15 is 0 Å². The predicted molar refractivity (Wildman–Crippen MR) is 51.1 cm³/mol. The summed E-state index contributed by atoms with van der Waals surface area (Å²) >= 11 is 2.73. The molecule has 1 aliphatic rings. The summed E-state index contributed by atoms with van der Waals surface area (Å²) in [4.78, 5) is 10.1. The summed E-state index contributed by atoms with van der Waals surface area (Å²) in [5.74, 6) is 0.779. The molecule has 0 saturated carbocycles. The van der Waals surface area contributed by atoms with Gasteiger partial charge in [-0.1, -0.05) is 12.2 Å². The maximum atomic E-state index is 10.5. The highest BCUT2D eigenvalue weighted by Gasteiger charge is 2.03. The third kappa shape index (κ3) is 3.72. The largest absolute Gasteiger partial charge is 0.423 e. The maximum Gasteiger partial charge on any atom is 0.379 e. The Kier molecular flexibility index (Phi) is 4.08. The van der Waals surface area contributed by atoms with Gasteiger partial charge in [-0.3, -0.25) is 0 Å². The van der Waals surface area contributed by atoms with Crippen LogP contribution in [0.5, 0.6) is 0 Å². The van der Waals surface area contributed by atoms with E-state index in [1.807, 2.05) is 6.08 Å². The molecule has 3 heteroatoms. The zero-order valence-corrected chi connectivity index (χ0v) is 8.34. The molecule has 0 unspecified atom stereocenters. The van der Waals surface area contributed by atoms with E-state index in [9.17, 15) is 4.79 Å². The topological polar surface area (TPSA) is 26.3 Å². The molecule has 1 rings (SSSR count). The van der Waals surface area contributed by atoms with Crippen molar-refractivity contribution in [2.75, 3.05) is 0 Å². The molecule has 0 fully saturated rings. The van der Waals surface area contributed by atoms with Gasteiger partial charge in [-0.2, -0.15) is 0 Å². The molecule has 2 nitrogen and oxygen atoms in total. The summed E-state index contributed by atoms with van der Waals surface area (Å²) in [6.07, 6.45) is 10.00. The zero-order chi connectivity index (χ0) is 8.81. The van der Waals surface area contributed by atoms with Crippen LogP contribution >= 0.6 is 15.9 Å². The van der Waals surface area contributed by atoms with Gasteiger partial charge in [0.25, 0.3) is 0 Å². The first-order valence-corrected chi connectivity index (χ1v) is 4.79. The lowest BCUT2D eigenvalue weighted by molar-refractivity contribution is 0.202. The van der Waals surface area contributed by atoms with Gasteiger partial charge in [-0.15, -0.1) is 0 Å². The Morgan fingerprint density at radius 2 is 2.08 bits per heavy atom. The van der Waals surface area contributed by atoms with Crippen molar-refractivity contribution in [2.24, 2.45) is 0 Å². The average Bonchev–Trinajstić information content (AvgIpc) is 1.93. The van der Waals surface area contributed by atoms with Crippen molar-refractivity contribution >= 4 is 20.8 Å². The van der Waals surface area contributed by atoms with E-state index in [0.717, 1.165) is 31.4 Å². The second kappa shape index (κ2) is 5.14. The Hall–Kier alpha value is -0.570. The van der Waals surface area contributed by atoms with Crippen LogP contribution in [0.2, 0.25) is 0 Å². The molecular weight excluding hydrogens is 220 g/mol. The Labute approximate surface area is 80.4 Å². The number of allylic oxidation sites excluding steroid dienone is 4. The molecule has 0 heterocycles. The standard InChI is InChI=1S/C9H11BrO2/c10-9(11)12-8-6-4-2-1-3-5-7-8/h1-2,7H,3-6H2. The molecule has 0 spiro atoms. The van der Waals surface area contributed by atoms with Gasteiger partial charge in [0.05, 0.1) is 0 Å². The van der Waals surface area contributed by atoms with Gasteiger partial charge < -0.3 is 4.74 Å². The first kappa shape index (κ1) is 9.52. The zero-order valence-electron chi connectivity index (χ0n) is 6.75. The second-order valence-corrected chi connectivity index (χ2v) is 3.25. The van der Waals surface area contributed by atoms with E-state index in [1.54, 1.807) is 0 Å². The highest BCUT2D eigenvalue weighted by molar-refractivity contribution is 9.18. The van der Waals surface area contributed by atoms with Crippen LogP contribution in [0.1, 0.15) is 25.7 Å². The van der Waals surface area contributed by atoms with Crippen molar-refractivity contribution in [1.82, 2.24) is 0 Å². The lowest BCUT2D eigenvalue weighted by Gasteiger charge is -2.06. The van der Waals surface area contributed by atoms with Gasteiger partial charge in [0.2, 0.25) is 0 Å². The maximum absolute atomic E-state index is 10.5. The minimum absolute atomic E-state index is 0.404. The van der Waals surface area contributed by atoms with Crippen LogP contribution < -0.4 is 0 Å². The van der Waals surface area contributed by atoms with Crippen LogP contribution in [0.25, 0.3) is 0 Å². The van der Waals surface area contributed by atoms with Crippen molar-refractivity contribution < 1.29 is 9.53 Å². The monoisotopic (exact) mass is 230 g/mol. The summed E-state index contributed by atoms with van der Waals surface area (Å²) < 4.78 is 4.93. The number of hydrogen-bond donors (Lipinski definition) is 0. The number of ether oxygens (including phenoxy) is 1. The fourth-order valence-electron chi connectivity index (χ4n) is 1.10. The minimum Gasteiger partial charge on any atom is -0.423 e. The fourth-order valence-corrected chi connectivity index (χ4v) is 1.31. The Morgan fingerprint density at radius 1 is 1.33 bits per heavy atom. The first-order chi connectivity index (χ1) is 5.79. The molecule has 0 aromatic rings. The second-order valence-electron chi connectivity index (χ2n) is 2.60. The third-order valence-corrected chi connectivity index (χ3v) is 1.80. The highest BCUT2D eigenvalue weighted by Crippen LogP contribution is 2.14. The molecule has 1 aliphatic carbocycles. The van der Waals surface area contributed by atoms with Gasteiger partial charge in [-0.25, -0.2) is 4.79 Å². The van der Waals surface area contributed by atoms with Crippen LogP contribution in [0.4, 0.5) is 4.79 Å². The Balaban J connectivity index is 2.45. The smallest absolute Gasteiger partial charge is 0.379 e. The molecule has 66 valence electrons. The molecule has 0 amide bonds. The number of halogens is 1. The number of carbonyl (C=O) groups excluding carboxylic acids is 1. The van der Waals surface area contributed by atoms with Crippen LogP contribution in [0.15, 0.2) is 24.0 Å². The molecule has 0 aliphatic heterocycles. The van der Waals surface area contributed by atoms with Crippen LogP contribution in [-0.2, 0) is 4.74 Å². The van der Waals surface area contributed by atoms with Crippen molar-refractivity contribution in [3.63, 3.8) is 0 Å². The van der Waals surface area contributed by atoms with Crippen LogP contribution in [-0.4, -0.2) is 4.88 Å². The summed E-state index contributed by atoms with van der Waals surface area (Å²) in [6, 6.07) is 0. The normalized spacial score (nSPS) is 17.6. The van der Waals surface area contributed by atoms with E-state index in [-0.39, 0.29) is 0 Å². The SMILES string of the molecule is O=C(Br)OC1=CCCC=CCC1. The molecule has 0 bridgehead atoms. The van der Waals surface area contributed by atoms with E-state index < -0.39 is 4.88 Å². The fraction of sp³-hybridized carbons (Fsp3) is 0.444. The summed E-state index contributed by atoms with van der Waals surface area (Å²) in [5.41, 5.74) is 0. The number of hydrogen-bond acceptors (Lipinski definition) is 2. The highest BCUT2D eigenvalue weighted by atomic mass is 79.9. The lowest BCUT2D eigenvalue weighted by Crippen LogP contribution is -1.95. The van der Waals surface area contributed by atoms with E-state index in [1.165, 1.54) is 0 Å². The van der Waals surface area contributed by atoms with Crippen LogP contribution in [0.3, 0.4) is 0 Å². The number of carbonyl (C=O) groups is 1. The average molecular weight is 231 g/mol. The summed E-state index contributed by atoms with van der Waals surface area (Å²) in [5, 5.41) is 0. The van der Waals surface area contributed by atoms with Crippen molar-refractivity contribution in [2.45, 2.75) is 25.7 Å². The Bertz CT molecular complexity index is 219. The van der Waals surface area contributed by atoms with Crippen molar-refractivity contribution in [3.05, 3.63) is 24.0 Å². The number of rotatable bonds is 1. The summed E-state index contributed by atoms with van der Waals surface area (Å²) in [7, 11) is 0. The molecule has 0 radical (unpaired) electrons. The predicted octanol–water partition coefficient (Wildman–Crippen LogP) is 3.53. The Morgan fingerprint density at radius 3 is 2.83 bits per heavy atom. The molecule has 0 aromatic carbocycles. The van der Waals surface area contributed by atoms with Gasteiger partial charge in [0, 0.05) is 22.4 Å². The van der Waals surface area contributed by atoms with E-state index in [4.69, 9.17) is 4.74 Å². The first-order valence-electron chi connectivity index (χ1n) is 4.00. The van der Waals surface area contributed by atoms with E-state index in [0.29, 0.717) is 0 Å². The molecule has 0 N–H and O–H groups in total. The summed E-state index contributed by atoms with van der Waals surface area (Å²) in [6.45, 7) is 0. The van der Waals surface area contributed by atoms with Crippen LogP contribution in [0, 0.1) is 0 Å². The van der Waals surface area contributed by atoms with Gasteiger partial charge in [0.1, 0.15) is 5.76 Å². The molecule has 0 aromatic heterocycles. The van der Waals surface area contributed by atoms with Crippen molar-refractivity contribution in [1.29, 1.82) is 0 Å². The third-order valence-electron chi connectivity index (χ3n) is 1.64. The van der Waals surface area contributed by atoms with Gasteiger partial charge in [-0.05, 0) is 25.3 Å². The van der Waals surface area contributed by atoms with Crippen molar-refractivity contribution in [3.8, 4) is 0 Å². The molecule has 0 saturated heterocycles.